The van der Waals surface area contributed by atoms with Gasteiger partial charge in [-0.25, -0.2) is 18.0 Å². The molecule has 0 bridgehead atoms. The maximum absolute atomic E-state index is 12.9. The van der Waals surface area contributed by atoms with Crippen molar-refractivity contribution < 1.29 is 61.6 Å². The Morgan fingerprint density at radius 1 is 0.571 bits per heavy atom. The molecule has 1 aromatic rings. The Morgan fingerprint density at radius 2 is 0.939 bits per heavy atom. The average Bonchev–Trinajstić information content (AvgIpc) is 3.07. The van der Waals surface area contributed by atoms with Crippen LogP contribution in [0.4, 0.5) is 0 Å². The van der Waals surface area contributed by atoms with Crippen molar-refractivity contribution in [2.24, 2.45) is 0 Å². The summed E-state index contributed by atoms with van der Waals surface area (Å²) in [5.41, 5.74) is -0.792. The third-order valence-electron chi connectivity index (χ3n) is 8.50. The zero-order valence-electron chi connectivity index (χ0n) is 31.2. The number of esters is 2. The summed E-state index contributed by atoms with van der Waals surface area (Å²) < 4.78 is 46.5. The van der Waals surface area contributed by atoms with E-state index < -0.39 is 32.5 Å². The summed E-state index contributed by atoms with van der Waals surface area (Å²) in [5, 5.41) is 0. The van der Waals surface area contributed by atoms with Crippen LogP contribution in [0.15, 0.2) is 47.4 Å². The molecule has 0 unspecified atom stereocenters. The molecular weight excluding hydrogens is 647 g/mol. The molecule has 7 nitrogen and oxygen atoms in total. The van der Waals surface area contributed by atoms with E-state index >= 15 is 0 Å². The zero-order chi connectivity index (χ0) is 35.1. The topological polar surface area (TPSA) is 110 Å². The van der Waals surface area contributed by atoms with Crippen molar-refractivity contribution in [3.63, 3.8) is 0 Å². The second-order valence-electron chi connectivity index (χ2n) is 12.9. The number of hydrogen-bond donors (Lipinski definition) is 0. The molecular formula is C40H65NaO7S. The second kappa shape index (κ2) is 32.5. The van der Waals surface area contributed by atoms with E-state index in [0.29, 0.717) is 12.8 Å². The molecule has 0 aliphatic rings. The molecule has 0 saturated carbocycles. The molecule has 0 saturated heterocycles. The fraction of sp³-hybridized carbons (Fsp3) is 0.700. The van der Waals surface area contributed by atoms with Crippen molar-refractivity contribution in [3.05, 3.63) is 53.6 Å². The van der Waals surface area contributed by atoms with Crippen LogP contribution in [0, 0.1) is 0 Å². The van der Waals surface area contributed by atoms with Crippen LogP contribution in [0.1, 0.15) is 189 Å². The van der Waals surface area contributed by atoms with E-state index in [0.717, 1.165) is 57.4 Å². The molecule has 1 aromatic carbocycles. The Hall–Kier alpha value is -1.45. The molecule has 1 rings (SSSR count). The van der Waals surface area contributed by atoms with E-state index in [1.807, 2.05) is 0 Å². The van der Waals surface area contributed by atoms with Crippen molar-refractivity contribution in [1.82, 2.24) is 0 Å². The van der Waals surface area contributed by atoms with Crippen molar-refractivity contribution in [1.29, 1.82) is 0 Å². The maximum Gasteiger partial charge on any atom is 1.00 e. The molecule has 0 aliphatic heterocycles. The molecule has 9 heteroatoms. The van der Waals surface area contributed by atoms with Gasteiger partial charge >= 0.3 is 41.5 Å². The van der Waals surface area contributed by atoms with Crippen LogP contribution >= 0.6 is 0 Å². The molecule has 0 N–H and O–H groups in total. The first-order chi connectivity index (χ1) is 23.3. The van der Waals surface area contributed by atoms with E-state index in [1.54, 1.807) is 0 Å². The molecule has 274 valence electrons. The van der Waals surface area contributed by atoms with E-state index in [4.69, 9.17) is 9.47 Å². The van der Waals surface area contributed by atoms with E-state index in [-0.39, 0.29) is 48.3 Å². The van der Waals surface area contributed by atoms with Gasteiger partial charge in [0.15, 0.2) is 0 Å². The van der Waals surface area contributed by atoms with Crippen molar-refractivity contribution in [2.45, 2.75) is 173 Å². The van der Waals surface area contributed by atoms with Gasteiger partial charge in [0, 0.05) is 0 Å². The normalized spacial score (nSPS) is 11.7. The van der Waals surface area contributed by atoms with Crippen LogP contribution < -0.4 is 29.6 Å². The standard InChI is InChI=1S/C40H66O7S.Na/c1-3-5-7-9-11-13-15-17-19-21-23-25-27-29-34-46-39(41)36-32-31-33-37(48(43,44)45)38(36)40(42)47-35-30-28-26-24-22-20-18-16-14-12-10-8-6-4-2;/h11-14,31-33H,3-10,15-30,34-35H2,1-2H3,(H,43,44,45);/q;+1/p-1/b13-11+,14-12+;. The summed E-state index contributed by atoms with van der Waals surface area (Å²) in [4.78, 5) is 25.0. The Balaban J connectivity index is 0.0000230. The zero-order valence-corrected chi connectivity index (χ0v) is 34.0. The Bertz CT molecular complexity index is 1150. The van der Waals surface area contributed by atoms with Gasteiger partial charge in [-0.15, -0.1) is 0 Å². The van der Waals surface area contributed by atoms with Crippen molar-refractivity contribution in [2.75, 3.05) is 13.2 Å². The molecule has 0 aliphatic carbocycles. The van der Waals surface area contributed by atoms with E-state index in [2.05, 4.69) is 38.2 Å². The number of allylic oxidation sites excluding steroid dienone is 4. The predicted molar refractivity (Wildman–Crippen MR) is 195 cm³/mol. The van der Waals surface area contributed by atoms with Crippen molar-refractivity contribution in [3.8, 4) is 0 Å². The first-order valence-corrected chi connectivity index (χ1v) is 20.5. The predicted octanol–water partition coefficient (Wildman–Crippen LogP) is 8.42. The quantitative estimate of drug-likeness (QED) is 0.0250. The fourth-order valence-corrected chi connectivity index (χ4v) is 6.28. The number of rotatable bonds is 31. The van der Waals surface area contributed by atoms with Crippen LogP contribution in [-0.2, 0) is 19.6 Å². The first-order valence-electron chi connectivity index (χ1n) is 19.1. The molecule has 0 atom stereocenters. The Kier molecular flexibility index (Phi) is 31.5. The minimum Gasteiger partial charge on any atom is -0.744 e. The molecule has 0 aromatic heterocycles. The molecule has 0 heterocycles. The summed E-state index contributed by atoms with van der Waals surface area (Å²) in [6.45, 7) is 4.68. The minimum atomic E-state index is -5.01. The number of ether oxygens (including phenoxy) is 2. The van der Waals surface area contributed by atoms with Crippen LogP contribution in [0.3, 0.4) is 0 Å². The third kappa shape index (κ3) is 25.2. The van der Waals surface area contributed by atoms with Crippen LogP contribution in [0.25, 0.3) is 0 Å². The van der Waals surface area contributed by atoms with Gasteiger partial charge in [0.05, 0.1) is 29.2 Å². The SMILES string of the molecule is CCCCC/C=C/CCCCCCCCCOC(=O)c1cccc(S(=O)(=O)[O-])c1C(=O)OCCCCCCCCC/C=C/CCCCC.[Na+]. The molecule has 0 fully saturated rings. The van der Waals surface area contributed by atoms with Gasteiger partial charge in [-0.3, -0.25) is 0 Å². The third-order valence-corrected chi connectivity index (χ3v) is 9.38. The Morgan fingerprint density at radius 3 is 1.35 bits per heavy atom. The smallest absolute Gasteiger partial charge is 0.744 e. The summed E-state index contributed by atoms with van der Waals surface area (Å²) in [6, 6.07) is 3.60. The van der Waals surface area contributed by atoms with Gasteiger partial charge in [-0.2, -0.15) is 0 Å². The minimum absolute atomic E-state index is 0. The number of carbonyl (C=O) groups excluding carboxylic acids is 2. The van der Waals surface area contributed by atoms with Gasteiger partial charge in [-0.05, 0) is 76.3 Å². The number of unbranched alkanes of at least 4 members (excludes halogenated alkanes) is 20. The van der Waals surface area contributed by atoms with Gasteiger partial charge in [-0.1, -0.05) is 134 Å². The number of hydrogen-bond acceptors (Lipinski definition) is 7. The van der Waals surface area contributed by atoms with Crippen LogP contribution in [-0.4, -0.2) is 38.1 Å². The van der Waals surface area contributed by atoms with E-state index in [9.17, 15) is 22.6 Å². The largest absolute Gasteiger partial charge is 1.00 e. The number of benzene rings is 1. The summed E-state index contributed by atoms with van der Waals surface area (Å²) >= 11 is 0. The van der Waals surface area contributed by atoms with Crippen LogP contribution in [0.5, 0.6) is 0 Å². The second-order valence-corrected chi connectivity index (χ2v) is 14.2. The monoisotopic (exact) mass is 712 g/mol. The van der Waals surface area contributed by atoms with Crippen molar-refractivity contribution >= 4 is 22.1 Å². The number of carbonyl (C=O) groups is 2. The average molecular weight is 713 g/mol. The van der Waals surface area contributed by atoms with Crippen LogP contribution in [0.2, 0.25) is 0 Å². The first kappa shape index (κ1) is 47.5. The molecule has 0 spiro atoms. The van der Waals surface area contributed by atoms with E-state index in [1.165, 1.54) is 102 Å². The van der Waals surface area contributed by atoms with Gasteiger partial charge < -0.3 is 14.0 Å². The molecule has 0 radical (unpaired) electrons. The van der Waals surface area contributed by atoms with Gasteiger partial charge in [0.1, 0.15) is 10.1 Å². The Labute approximate surface area is 321 Å². The molecule has 49 heavy (non-hydrogen) atoms. The van der Waals surface area contributed by atoms with Gasteiger partial charge in [0.2, 0.25) is 0 Å². The summed E-state index contributed by atoms with van der Waals surface area (Å²) in [7, 11) is -5.01. The maximum atomic E-state index is 12.9. The fourth-order valence-electron chi connectivity index (χ4n) is 5.59. The van der Waals surface area contributed by atoms with Gasteiger partial charge in [0.25, 0.3) is 0 Å². The summed E-state index contributed by atoms with van der Waals surface area (Å²) in [6.07, 6.45) is 36.1. The summed E-state index contributed by atoms with van der Waals surface area (Å²) in [5.74, 6) is -1.83. The molecule has 0 amide bonds.